The second-order valence-electron chi connectivity index (χ2n) is 4.11. The minimum absolute atomic E-state index is 0.146. The number of rotatable bonds is 3. The van der Waals surface area contributed by atoms with Gasteiger partial charge in [-0.25, -0.2) is 0 Å². The molecule has 0 radical (unpaired) electrons. The molecule has 0 bridgehead atoms. The van der Waals surface area contributed by atoms with Gasteiger partial charge in [-0.05, 0) is 46.3 Å². The van der Waals surface area contributed by atoms with Crippen molar-refractivity contribution in [1.82, 2.24) is 0 Å². The number of anilines is 2. The van der Waals surface area contributed by atoms with Crippen LogP contribution in [-0.4, -0.2) is 10.8 Å². The minimum atomic E-state index is -0.548. The fourth-order valence-corrected chi connectivity index (χ4v) is 2.22. The summed E-state index contributed by atoms with van der Waals surface area (Å²) in [5.74, 6) is -0.494. The van der Waals surface area contributed by atoms with Gasteiger partial charge in [-0.1, -0.05) is 11.6 Å². The van der Waals surface area contributed by atoms with Crippen LogP contribution in [0.3, 0.4) is 0 Å². The number of nitro groups is 1. The fraction of sp³-hybridized carbons (Fsp3) is 0. The van der Waals surface area contributed by atoms with Crippen LogP contribution in [0.15, 0.2) is 40.9 Å². The van der Waals surface area contributed by atoms with Gasteiger partial charge in [-0.3, -0.25) is 14.9 Å². The van der Waals surface area contributed by atoms with Gasteiger partial charge < -0.3 is 11.1 Å². The number of amides is 1. The molecule has 2 aromatic carbocycles. The Kier molecular flexibility index (Phi) is 4.44. The zero-order valence-corrected chi connectivity index (χ0v) is 12.8. The maximum atomic E-state index is 12.1. The molecule has 21 heavy (non-hydrogen) atoms. The van der Waals surface area contributed by atoms with E-state index in [0.717, 1.165) is 0 Å². The number of hydrogen-bond donors (Lipinski definition) is 2. The number of hydrogen-bond acceptors (Lipinski definition) is 4. The molecule has 108 valence electrons. The summed E-state index contributed by atoms with van der Waals surface area (Å²) in [6.07, 6.45) is 0. The Bertz CT molecular complexity index is 737. The van der Waals surface area contributed by atoms with E-state index in [2.05, 4.69) is 21.2 Å². The number of nitrogen functional groups attached to an aromatic ring is 1. The first-order valence-corrected chi connectivity index (χ1v) is 6.86. The lowest BCUT2D eigenvalue weighted by Gasteiger charge is -2.08. The molecule has 1 amide bonds. The van der Waals surface area contributed by atoms with E-state index in [1.54, 1.807) is 6.07 Å². The van der Waals surface area contributed by atoms with Crippen LogP contribution in [0.1, 0.15) is 10.4 Å². The van der Waals surface area contributed by atoms with Crippen molar-refractivity contribution >= 4 is 50.5 Å². The normalized spacial score (nSPS) is 10.2. The highest BCUT2D eigenvalue weighted by atomic mass is 79.9. The zero-order chi connectivity index (χ0) is 15.6. The van der Waals surface area contributed by atoms with E-state index in [1.165, 1.54) is 30.3 Å². The van der Waals surface area contributed by atoms with Crippen LogP contribution in [0.2, 0.25) is 5.02 Å². The molecule has 0 unspecified atom stereocenters. The van der Waals surface area contributed by atoms with Gasteiger partial charge in [0.2, 0.25) is 0 Å². The van der Waals surface area contributed by atoms with E-state index in [-0.39, 0.29) is 22.6 Å². The Morgan fingerprint density at radius 2 is 2.00 bits per heavy atom. The lowest BCUT2D eigenvalue weighted by molar-refractivity contribution is -0.385. The molecule has 0 fully saturated rings. The van der Waals surface area contributed by atoms with E-state index in [9.17, 15) is 14.9 Å². The Hall–Kier alpha value is -2.12. The summed E-state index contributed by atoms with van der Waals surface area (Å²) in [7, 11) is 0. The van der Waals surface area contributed by atoms with Crippen molar-refractivity contribution in [2.45, 2.75) is 0 Å². The summed E-state index contributed by atoms with van der Waals surface area (Å²) in [4.78, 5) is 22.4. The topological polar surface area (TPSA) is 98.3 Å². The van der Waals surface area contributed by atoms with Gasteiger partial charge in [-0.2, -0.15) is 0 Å². The van der Waals surface area contributed by atoms with Crippen molar-refractivity contribution in [1.29, 1.82) is 0 Å². The SMILES string of the molecule is Nc1ccc(Cl)cc1C(=O)Nc1ccc(Br)c([N+](=O)[O-])c1. The molecule has 0 aliphatic heterocycles. The molecule has 2 aromatic rings. The second kappa shape index (κ2) is 6.11. The summed E-state index contributed by atoms with van der Waals surface area (Å²) in [6, 6.07) is 8.78. The number of halogens is 2. The molecule has 0 spiro atoms. The Morgan fingerprint density at radius 1 is 1.29 bits per heavy atom. The maximum absolute atomic E-state index is 12.1. The number of carbonyl (C=O) groups is 1. The first kappa shape index (κ1) is 15.3. The highest BCUT2D eigenvalue weighted by Gasteiger charge is 2.15. The van der Waals surface area contributed by atoms with Crippen LogP contribution in [0.4, 0.5) is 17.1 Å². The van der Waals surface area contributed by atoms with Crippen molar-refractivity contribution < 1.29 is 9.72 Å². The number of nitrogens with two attached hydrogens (primary N) is 1. The molecular formula is C13H9BrClN3O3. The van der Waals surface area contributed by atoms with Crippen LogP contribution in [0.5, 0.6) is 0 Å². The third-order valence-electron chi connectivity index (χ3n) is 2.66. The van der Waals surface area contributed by atoms with Crippen molar-refractivity contribution in [2.75, 3.05) is 11.1 Å². The maximum Gasteiger partial charge on any atom is 0.285 e. The minimum Gasteiger partial charge on any atom is -0.398 e. The van der Waals surface area contributed by atoms with Gasteiger partial charge in [0, 0.05) is 22.5 Å². The molecule has 6 nitrogen and oxygen atoms in total. The summed E-state index contributed by atoms with van der Waals surface area (Å²) in [5.41, 5.74) is 6.32. The Morgan fingerprint density at radius 3 is 2.67 bits per heavy atom. The first-order chi connectivity index (χ1) is 9.88. The third kappa shape index (κ3) is 3.50. The van der Waals surface area contributed by atoms with Crippen molar-refractivity contribution in [2.24, 2.45) is 0 Å². The first-order valence-electron chi connectivity index (χ1n) is 5.69. The molecule has 0 saturated heterocycles. The predicted molar refractivity (Wildman–Crippen MR) is 84.6 cm³/mol. The highest BCUT2D eigenvalue weighted by molar-refractivity contribution is 9.10. The average molecular weight is 371 g/mol. The molecule has 0 aromatic heterocycles. The number of benzene rings is 2. The van der Waals surface area contributed by atoms with Gasteiger partial charge in [0.05, 0.1) is 15.0 Å². The van der Waals surface area contributed by atoms with Gasteiger partial charge in [0.15, 0.2) is 0 Å². The lowest BCUT2D eigenvalue weighted by atomic mass is 10.1. The monoisotopic (exact) mass is 369 g/mol. The van der Waals surface area contributed by atoms with Crippen molar-refractivity contribution in [3.63, 3.8) is 0 Å². The molecule has 0 atom stereocenters. The van der Waals surface area contributed by atoms with Crippen molar-refractivity contribution in [3.05, 3.63) is 61.6 Å². The standard InChI is InChI=1S/C13H9BrClN3O3/c14-10-3-2-8(6-12(10)18(20)21)17-13(19)9-5-7(15)1-4-11(9)16/h1-6H,16H2,(H,17,19). The summed E-state index contributed by atoms with van der Waals surface area (Å²) in [5, 5.41) is 13.8. The van der Waals surface area contributed by atoms with Gasteiger partial charge in [-0.15, -0.1) is 0 Å². The van der Waals surface area contributed by atoms with E-state index < -0.39 is 10.8 Å². The molecule has 3 N–H and O–H groups in total. The molecule has 0 aliphatic carbocycles. The quantitative estimate of drug-likeness (QED) is 0.487. The molecule has 0 heterocycles. The van der Waals surface area contributed by atoms with Gasteiger partial charge in [0.1, 0.15) is 0 Å². The highest BCUT2D eigenvalue weighted by Crippen LogP contribution is 2.28. The average Bonchev–Trinajstić information content (AvgIpc) is 2.43. The van der Waals surface area contributed by atoms with E-state index in [4.69, 9.17) is 17.3 Å². The fourth-order valence-electron chi connectivity index (χ4n) is 1.65. The summed E-state index contributed by atoms with van der Waals surface area (Å²) >= 11 is 8.89. The van der Waals surface area contributed by atoms with Gasteiger partial charge in [0.25, 0.3) is 11.6 Å². The molecule has 0 aliphatic rings. The predicted octanol–water partition coefficient (Wildman–Crippen LogP) is 3.85. The Balaban J connectivity index is 2.29. The van der Waals surface area contributed by atoms with Crippen LogP contribution < -0.4 is 11.1 Å². The van der Waals surface area contributed by atoms with Crippen LogP contribution in [0, 0.1) is 10.1 Å². The molecule has 2 rings (SSSR count). The van der Waals surface area contributed by atoms with E-state index in [0.29, 0.717) is 9.50 Å². The second-order valence-corrected chi connectivity index (χ2v) is 5.40. The largest absolute Gasteiger partial charge is 0.398 e. The number of nitrogens with one attached hydrogen (secondary N) is 1. The van der Waals surface area contributed by atoms with Crippen molar-refractivity contribution in [3.8, 4) is 0 Å². The number of nitro benzene ring substituents is 1. The molecule has 8 heteroatoms. The lowest BCUT2D eigenvalue weighted by Crippen LogP contribution is -2.14. The van der Waals surface area contributed by atoms with Crippen LogP contribution in [0.25, 0.3) is 0 Å². The molecule has 0 saturated carbocycles. The van der Waals surface area contributed by atoms with Crippen LogP contribution in [-0.2, 0) is 0 Å². The Labute approximate surface area is 133 Å². The summed E-state index contributed by atoms with van der Waals surface area (Å²) in [6.45, 7) is 0. The smallest absolute Gasteiger partial charge is 0.285 e. The molecular weight excluding hydrogens is 362 g/mol. The zero-order valence-electron chi connectivity index (χ0n) is 10.5. The van der Waals surface area contributed by atoms with E-state index in [1.807, 2.05) is 0 Å². The number of carbonyl (C=O) groups excluding carboxylic acids is 1. The number of nitrogens with zero attached hydrogens (tertiary/aromatic N) is 1. The van der Waals surface area contributed by atoms with E-state index >= 15 is 0 Å². The third-order valence-corrected chi connectivity index (χ3v) is 3.57. The summed E-state index contributed by atoms with van der Waals surface area (Å²) < 4.78 is 0.327. The van der Waals surface area contributed by atoms with Gasteiger partial charge >= 0.3 is 0 Å². The van der Waals surface area contributed by atoms with Crippen LogP contribution >= 0.6 is 27.5 Å².